The zero-order valence-electron chi connectivity index (χ0n) is 7.52. The fourth-order valence-electron chi connectivity index (χ4n) is 1.43. The van der Waals surface area contributed by atoms with E-state index in [1.807, 2.05) is 0 Å². The topological polar surface area (TPSA) is 3.24 Å². The second-order valence-corrected chi connectivity index (χ2v) is 3.89. The molecule has 0 spiro atoms. The quantitative estimate of drug-likeness (QED) is 0.580. The van der Waals surface area contributed by atoms with E-state index in [-0.39, 0.29) is 0 Å². The van der Waals surface area contributed by atoms with E-state index in [4.69, 9.17) is 11.6 Å². The molecule has 0 saturated heterocycles. The van der Waals surface area contributed by atoms with Crippen molar-refractivity contribution in [2.45, 2.75) is 32.7 Å². The highest BCUT2D eigenvalue weighted by atomic mass is 35.5. The Morgan fingerprint density at radius 1 is 1.55 bits per heavy atom. The summed E-state index contributed by atoms with van der Waals surface area (Å²) in [5.41, 5.74) is 0. The van der Waals surface area contributed by atoms with Gasteiger partial charge in [-0.15, -0.1) is 11.6 Å². The number of hydrogen-bond donors (Lipinski definition) is 0. The van der Waals surface area contributed by atoms with Gasteiger partial charge in [0.05, 0.1) is 0 Å². The zero-order chi connectivity index (χ0) is 8.27. The molecular weight excluding hydrogens is 158 g/mol. The van der Waals surface area contributed by atoms with E-state index in [0.29, 0.717) is 5.92 Å². The van der Waals surface area contributed by atoms with Crippen LogP contribution in [0.15, 0.2) is 0 Å². The Morgan fingerprint density at radius 2 is 2.18 bits per heavy atom. The standard InChI is InChI=1S/C9H18ClN/c1-3-11(9-4-5-9)7-8(2)6-10/h8-9H,3-7H2,1-2H3. The summed E-state index contributed by atoms with van der Waals surface area (Å²) in [5, 5.41) is 0. The summed E-state index contributed by atoms with van der Waals surface area (Å²) in [6.45, 7) is 6.83. The lowest BCUT2D eigenvalue weighted by Crippen LogP contribution is -2.30. The van der Waals surface area contributed by atoms with Gasteiger partial charge in [0.1, 0.15) is 0 Å². The second-order valence-electron chi connectivity index (χ2n) is 3.58. The van der Waals surface area contributed by atoms with E-state index in [1.54, 1.807) is 0 Å². The Labute approximate surface area is 74.7 Å². The maximum atomic E-state index is 5.75. The van der Waals surface area contributed by atoms with Crippen molar-refractivity contribution < 1.29 is 0 Å². The second kappa shape index (κ2) is 4.32. The summed E-state index contributed by atoms with van der Waals surface area (Å²) in [5.74, 6) is 1.45. The van der Waals surface area contributed by atoms with Gasteiger partial charge in [0.2, 0.25) is 0 Å². The third-order valence-corrected chi connectivity index (χ3v) is 2.81. The predicted molar refractivity (Wildman–Crippen MR) is 50.2 cm³/mol. The Morgan fingerprint density at radius 3 is 2.55 bits per heavy atom. The molecule has 0 radical (unpaired) electrons. The van der Waals surface area contributed by atoms with Crippen LogP contribution in [0, 0.1) is 5.92 Å². The lowest BCUT2D eigenvalue weighted by Gasteiger charge is -2.22. The van der Waals surface area contributed by atoms with Crippen molar-refractivity contribution in [1.29, 1.82) is 0 Å². The van der Waals surface area contributed by atoms with E-state index in [1.165, 1.54) is 25.9 Å². The molecule has 0 amide bonds. The van der Waals surface area contributed by atoms with Crippen molar-refractivity contribution in [3.8, 4) is 0 Å². The molecule has 0 heterocycles. The number of halogens is 1. The van der Waals surface area contributed by atoms with Crippen molar-refractivity contribution in [1.82, 2.24) is 4.90 Å². The highest BCUT2D eigenvalue weighted by Gasteiger charge is 2.28. The van der Waals surface area contributed by atoms with Crippen molar-refractivity contribution in [2.75, 3.05) is 19.0 Å². The van der Waals surface area contributed by atoms with Gasteiger partial charge in [0.15, 0.2) is 0 Å². The monoisotopic (exact) mass is 175 g/mol. The summed E-state index contributed by atoms with van der Waals surface area (Å²) in [4.78, 5) is 2.55. The molecule has 0 aromatic rings. The van der Waals surface area contributed by atoms with Crippen LogP contribution in [0.2, 0.25) is 0 Å². The zero-order valence-corrected chi connectivity index (χ0v) is 8.27. The summed E-state index contributed by atoms with van der Waals surface area (Å²) in [6, 6.07) is 0.894. The van der Waals surface area contributed by atoms with Gasteiger partial charge in [-0.2, -0.15) is 0 Å². The lowest BCUT2D eigenvalue weighted by atomic mass is 10.2. The van der Waals surface area contributed by atoms with Gasteiger partial charge in [-0.1, -0.05) is 13.8 Å². The molecule has 1 unspecified atom stereocenters. The normalized spacial score (nSPS) is 20.7. The van der Waals surface area contributed by atoms with Crippen molar-refractivity contribution in [3.63, 3.8) is 0 Å². The Kier molecular flexibility index (Phi) is 3.67. The molecule has 11 heavy (non-hydrogen) atoms. The van der Waals surface area contributed by atoms with Crippen LogP contribution in [0.5, 0.6) is 0 Å². The lowest BCUT2D eigenvalue weighted by molar-refractivity contribution is 0.248. The molecule has 0 N–H and O–H groups in total. The molecule has 2 heteroatoms. The molecule has 0 aliphatic heterocycles. The third-order valence-electron chi connectivity index (χ3n) is 2.28. The van der Waals surface area contributed by atoms with Gasteiger partial charge in [-0.3, -0.25) is 0 Å². The molecule has 1 atom stereocenters. The molecule has 66 valence electrons. The van der Waals surface area contributed by atoms with E-state index < -0.39 is 0 Å². The molecule has 1 fully saturated rings. The summed E-state index contributed by atoms with van der Waals surface area (Å²) in [6.07, 6.45) is 2.81. The number of alkyl halides is 1. The maximum Gasteiger partial charge on any atom is 0.0261 e. The van der Waals surface area contributed by atoms with Gasteiger partial charge in [-0.05, 0) is 25.3 Å². The largest absolute Gasteiger partial charge is 0.300 e. The minimum atomic E-state index is 0.650. The first-order valence-corrected chi connectivity index (χ1v) is 5.11. The first-order valence-electron chi connectivity index (χ1n) is 4.58. The van der Waals surface area contributed by atoms with Gasteiger partial charge < -0.3 is 4.90 Å². The molecule has 1 aliphatic rings. The highest BCUT2D eigenvalue weighted by Crippen LogP contribution is 2.27. The van der Waals surface area contributed by atoms with Crippen LogP contribution in [0.1, 0.15) is 26.7 Å². The molecule has 1 rings (SSSR count). The van der Waals surface area contributed by atoms with Gasteiger partial charge in [-0.25, -0.2) is 0 Å². The minimum absolute atomic E-state index is 0.650. The fourth-order valence-corrected chi connectivity index (χ4v) is 1.52. The molecule has 1 nitrogen and oxygen atoms in total. The van der Waals surface area contributed by atoms with Crippen LogP contribution >= 0.6 is 11.6 Å². The number of rotatable bonds is 5. The van der Waals surface area contributed by atoms with Crippen molar-refractivity contribution >= 4 is 11.6 Å². The molecule has 0 aromatic heterocycles. The fraction of sp³-hybridized carbons (Fsp3) is 1.00. The first kappa shape index (κ1) is 9.34. The predicted octanol–water partition coefficient (Wildman–Crippen LogP) is 2.35. The van der Waals surface area contributed by atoms with Crippen LogP contribution in [-0.4, -0.2) is 29.9 Å². The van der Waals surface area contributed by atoms with E-state index in [0.717, 1.165) is 11.9 Å². The Hall–Kier alpha value is 0.250. The molecule has 1 saturated carbocycles. The van der Waals surface area contributed by atoms with Gasteiger partial charge in [0.25, 0.3) is 0 Å². The van der Waals surface area contributed by atoms with E-state index >= 15 is 0 Å². The van der Waals surface area contributed by atoms with E-state index in [2.05, 4.69) is 18.7 Å². The minimum Gasteiger partial charge on any atom is -0.300 e. The van der Waals surface area contributed by atoms with Crippen LogP contribution in [0.3, 0.4) is 0 Å². The van der Waals surface area contributed by atoms with Crippen LogP contribution in [-0.2, 0) is 0 Å². The number of hydrogen-bond acceptors (Lipinski definition) is 1. The smallest absolute Gasteiger partial charge is 0.0261 e. The maximum absolute atomic E-state index is 5.75. The molecule has 1 aliphatic carbocycles. The average molecular weight is 176 g/mol. The SMILES string of the molecule is CCN(CC(C)CCl)C1CC1. The molecule has 0 aromatic carbocycles. The highest BCUT2D eigenvalue weighted by molar-refractivity contribution is 6.18. The van der Waals surface area contributed by atoms with E-state index in [9.17, 15) is 0 Å². The van der Waals surface area contributed by atoms with Crippen LogP contribution in [0.25, 0.3) is 0 Å². The Balaban J connectivity index is 2.19. The summed E-state index contributed by atoms with van der Waals surface area (Å²) < 4.78 is 0. The average Bonchev–Trinajstić information content (AvgIpc) is 2.82. The first-order chi connectivity index (χ1) is 5.27. The molecule has 0 bridgehead atoms. The van der Waals surface area contributed by atoms with Gasteiger partial charge in [0, 0.05) is 18.5 Å². The summed E-state index contributed by atoms with van der Waals surface area (Å²) >= 11 is 5.75. The summed E-state index contributed by atoms with van der Waals surface area (Å²) in [7, 11) is 0. The third kappa shape index (κ3) is 3.00. The van der Waals surface area contributed by atoms with Crippen molar-refractivity contribution in [2.24, 2.45) is 5.92 Å². The Bertz CT molecular complexity index is 112. The number of nitrogens with zero attached hydrogens (tertiary/aromatic N) is 1. The van der Waals surface area contributed by atoms with Crippen LogP contribution < -0.4 is 0 Å². The van der Waals surface area contributed by atoms with Gasteiger partial charge >= 0.3 is 0 Å². The van der Waals surface area contributed by atoms with Crippen LogP contribution in [0.4, 0.5) is 0 Å². The molecular formula is C9H18ClN. The van der Waals surface area contributed by atoms with Crippen molar-refractivity contribution in [3.05, 3.63) is 0 Å².